The predicted molar refractivity (Wildman–Crippen MR) is 108 cm³/mol. The van der Waals surface area contributed by atoms with Gasteiger partial charge >= 0.3 is 0 Å². The second-order valence-corrected chi connectivity index (χ2v) is 6.82. The van der Waals surface area contributed by atoms with E-state index in [-0.39, 0.29) is 5.91 Å². The first-order valence-corrected chi connectivity index (χ1v) is 9.39. The Kier molecular flexibility index (Phi) is 7.49. The van der Waals surface area contributed by atoms with Gasteiger partial charge in [0, 0.05) is 23.2 Å². The van der Waals surface area contributed by atoms with Crippen molar-refractivity contribution in [1.82, 2.24) is 4.90 Å². The summed E-state index contributed by atoms with van der Waals surface area (Å²) in [4.78, 5) is 14.9. The molecule has 2 aromatic carbocycles. The van der Waals surface area contributed by atoms with Crippen LogP contribution in [0.1, 0.15) is 43.6 Å². The number of nitrogens with one attached hydrogen (secondary N) is 1. The third-order valence-corrected chi connectivity index (χ3v) is 4.46. The lowest BCUT2D eigenvalue weighted by molar-refractivity contribution is 0.102. The highest BCUT2D eigenvalue weighted by molar-refractivity contribution is 6.31. The highest BCUT2D eigenvalue weighted by Crippen LogP contribution is 2.28. The van der Waals surface area contributed by atoms with Crippen molar-refractivity contribution in [2.75, 3.05) is 18.5 Å². The number of carbonyl (C=O) groups excluding carboxylic acids is 1. The topological polar surface area (TPSA) is 41.6 Å². The Morgan fingerprint density at radius 3 is 2.42 bits per heavy atom. The van der Waals surface area contributed by atoms with Gasteiger partial charge in [-0.2, -0.15) is 0 Å². The summed E-state index contributed by atoms with van der Waals surface area (Å²) in [6, 6.07) is 13.4. The second-order valence-electron chi connectivity index (χ2n) is 6.38. The Hall–Kier alpha value is -2.04. The van der Waals surface area contributed by atoms with E-state index in [0.29, 0.717) is 34.7 Å². The van der Waals surface area contributed by atoms with Crippen LogP contribution < -0.4 is 10.1 Å². The highest BCUT2D eigenvalue weighted by atomic mass is 35.5. The van der Waals surface area contributed by atoms with Crippen LogP contribution in [0.15, 0.2) is 42.5 Å². The number of ether oxygens (including phenoxy) is 1. The summed E-state index contributed by atoms with van der Waals surface area (Å²) in [6.07, 6.45) is 0. The SMILES string of the molecule is CCOc1ccc(Cl)cc1NC(=O)c1ccc(CN(CC)C(C)C)cc1. The van der Waals surface area contributed by atoms with Crippen LogP contribution in [0.4, 0.5) is 5.69 Å². The van der Waals surface area contributed by atoms with Crippen molar-refractivity contribution in [2.24, 2.45) is 0 Å². The summed E-state index contributed by atoms with van der Waals surface area (Å²) in [7, 11) is 0. The van der Waals surface area contributed by atoms with E-state index in [2.05, 4.69) is 31.0 Å². The number of carbonyl (C=O) groups is 1. The summed E-state index contributed by atoms with van der Waals surface area (Å²) < 4.78 is 5.55. The third kappa shape index (κ3) is 5.48. The van der Waals surface area contributed by atoms with Gasteiger partial charge in [0.25, 0.3) is 5.91 Å². The average molecular weight is 375 g/mol. The lowest BCUT2D eigenvalue weighted by Gasteiger charge is -2.24. The van der Waals surface area contributed by atoms with Crippen molar-refractivity contribution in [3.05, 3.63) is 58.6 Å². The summed E-state index contributed by atoms with van der Waals surface area (Å²) in [5, 5.41) is 3.43. The van der Waals surface area contributed by atoms with E-state index >= 15 is 0 Å². The Morgan fingerprint density at radius 1 is 1.15 bits per heavy atom. The van der Waals surface area contributed by atoms with Crippen molar-refractivity contribution in [3.63, 3.8) is 0 Å². The van der Waals surface area contributed by atoms with Crippen LogP contribution in [-0.4, -0.2) is 30.0 Å². The molecule has 5 heteroatoms. The maximum atomic E-state index is 12.6. The molecule has 0 fully saturated rings. The third-order valence-electron chi connectivity index (χ3n) is 4.23. The Balaban J connectivity index is 2.10. The number of amides is 1. The number of anilines is 1. The standard InChI is InChI=1S/C21H27ClN2O2/c1-5-24(15(3)4)14-16-7-9-17(10-8-16)21(25)23-19-13-18(22)11-12-20(19)26-6-2/h7-13,15H,5-6,14H2,1-4H3,(H,23,25). The van der Waals surface area contributed by atoms with Crippen molar-refractivity contribution >= 4 is 23.2 Å². The minimum Gasteiger partial charge on any atom is -0.492 e. The number of nitrogens with zero attached hydrogens (tertiary/aromatic N) is 1. The first-order valence-electron chi connectivity index (χ1n) is 9.01. The molecule has 2 aromatic rings. The molecule has 2 rings (SSSR count). The maximum absolute atomic E-state index is 12.6. The number of hydrogen-bond acceptors (Lipinski definition) is 3. The van der Waals surface area contributed by atoms with Crippen molar-refractivity contribution in [2.45, 2.75) is 40.3 Å². The Morgan fingerprint density at radius 2 is 1.85 bits per heavy atom. The molecule has 0 aromatic heterocycles. The molecule has 0 saturated carbocycles. The first-order chi connectivity index (χ1) is 12.4. The largest absolute Gasteiger partial charge is 0.492 e. The Bertz CT molecular complexity index is 729. The predicted octanol–water partition coefficient (Wildman–Crippen LogP) is 5.22. The summed E-state index contributed by atoms with van der Waals surface area (Å²) in [6.45, 7) is 10.8. The van der Waals surface area contributed by atoms with E-state index in [1.54, 1.807) is 18.2 Å². The molecule has 0 aliphatic carbocycles. The minimum absolute atomic E-state index is 0.184. The summed E-state index contributed by atoms with van der Waals surface area (Å²) >= 11 is 6.04. The molecule has 1 N–H and O–H groups in total. The van der Waals surface area contributed by atoms with Crippen LogP contribution in [0.25, 0.3) is 0 Å². The normalized spacial score (nSPS) is 11.0. The smallest absolute Gasteiger partial charge is 0.255 e. The molecule has 26 heavy (non-hydrogen) atoms. The van der Waals surface area contributed by atoms with Crippen molar-refractivity contribution in [1.29, 1.82) is 0 Å². The maximum Gasteiger partial charge on any atom is 0.255 e. The Labute approximate surface area is 161 Å². The zero-order chi connectivity index (χ0) is 19.1. The molecule has 140 valence electrons. The van der Waals surface area contributed by atoms with Crippen molar-refractivity contribution in [3.8, 4) is 5.75 Å². The fraction of sp³-hybridized carbons (Fsp3) is 0.381. The molecule has 0 bridgehead atoms. The summed E-state index contributed by atoms with van der Waals surface area (Å²) in [5.74, 6) is 0.424. The van der Waals surface area contributed by atoms with Gasteiger partial charge in [-0.25, -0.2) is 0 Å². The van der Waals surface area contributed by atoms with Crippen LogP contribution in [-0.2, 0) is 6.54 Å². The van der Waals surface area contributed by atoms with Crippen molar-refractivity contribution < 1.29 is 9.53 Å². The van der Waals surface area contributed by atoms with Gasteiger partial charge in [-0.05, 0) is 63.2 Å². The first kappa shape index (κ1) is 20.3. The van der Waals surface area contributed by atoms with Crippen LogP contribution in [0.5, 0.6) is 5.75 Å². The van der Waals surface area contributed by atoms with E-state index in [1.165, 1.54) is 5.56 Å². The van der Waals surface area contributed by atoms with E-state index in [1.807, 2.05) is 31.2 Å². The van der Waals surface area contributed by atoms with E-state index in [4.69, 9.17) is 16.3 Å². The van der Waals surface area contributed by atoms with Crippen LogP contribution >= 0.6 is 11.6 Å². The lowest BCUT2D eigenvalue weighted by Crippen LogP contribution is -2.29. The lowest BCUT2D eigenvalue weighted by atomic mass is 10.1. The second kappa shape index (κ2) is 9.60. The van der Waals surface area contributed by atoms with Gasteiger partial charge < -0.3 is 10.1 Å². The molecule has 0 saturated heterocycles. The minimum atomic E-state index is -0.184. The molecular formula is C21H27ClN2O2. The van der Waals surface area contributed by atoms with E-state index in [9.17, 15) is 4.79 Å². The molecular weight excluding hydrogens is 348 g/mol. The average Bonchev–Trinajstić information content (AvgIpc) is 2.62. The van der Waals surface area contributed by atoms with Gasteiger partial charge in [0.05, 0.1) is 12.3 Å². The molecule has 0 atom stereocenters. The van der Waals surface area contributed by atoms with Crippen LogP contribution in [0.2, 0.25) is 5.02 Å². The van der Waals surface area contributed by atoms with E-state index < -0.39 is 0 Å². The van der Waals surface area contributed by atoms with Crippen LogP contribution in [0, 0.1) is 0 Å². The molecule has 0 unspecified atom stereocenters. The molecule has 0 aliphatic heterocycles. The number of hydrogen-bond donors (Lipinski definition) is 1. The highest BCUT2D eigenvalue weighted by Gasteiger charge is 2.12. The fourth-order valence-corrected chi connectivity index (χ4v) is 2.90. The van der Waals surface area contributed by atoms with E-state index in [0.717, 1.165) is 13.1 Å². The molecule has 1 amide bonds. The van der Waals surface area contributed by atoms with Gasteiger partial charge in [0.15, 0.2) is 0 Å². The molecule has 0 aliphatic rings. The summed E-state index contributed by atoms with van der Waals surface area (Å²) in [5.41, 5.74) is 2.36. The quantitative estimate of drug-likeness (QED) is 0.688. The zero-order valence-electron chi connectivity index (χ0n) is 15.9. The van der Waals surface area contributed by atoms with Gasteiger partial charge in [-0.1, -0.05) is 30.7 Å². The van der Waals surface area contributed by atoms with Gasteiger partial charge in [0.1, 0.15) is 5.75 Å². The zero-order valence-corrected chi connectivity index (χ0v) is 16.6. The van der Waals surface area contributed by atoms with Gasteiger partial charge in [-0.3, -0.25) is 9.69 Å². The number of benzene rings is 2. The van der Waals surface area contributed by atoms with Gasteiger partial charge in [0.2, 0.25) is 0 Å². The van der Waals surface area contributed by atoms with Crippen LogP contribution in [0.3, 0.4) is 0 Å². The molecule has 4 nitrogen and oxygen atoms in total. The number of rotatable bonds is 8. The number of halogens is 1. The fourth-order valence-electron chi connectivity index (χ4n) is 2.73. The molecule has 0 spiro atoms. The van der Waals surface area contributed by atoms with Gasteiger partial charge in [-0.15, -0.1) is 0 Å². The molecule has 0 radical (unpaired) electrons. The molecule has 0 heterocycles. The monoisotopic (exact) mass is 374 g/mol.